The molecule has 0 bridgehead atoms. The highest BCUT2D eigenvalue weighted by Crippen LogP contribution is 2.26. The van der Waals surface area contributed by atoms with Gasteiger partial charge in [0.2, 0.25) is 5.95 Å². The maximum Gasteiger partial charge on any atom is 0.224 e. The number of nitrogens with two attached hydrogens (primary N) is 1. The topological polar surface area (TPSA) is 64.7 Å². The molecule has 1 aromatic heterocycles. The van der Waals surface area contributed by atoms with Gasteiger partial charge in [-0.25, -0.2) is 4.98 Å². The van der Waals surface area contributed by atoms with Crippen molar-refractivity contribution in [3.63, 3.8) is 0 Å². The molecule has 0 radical (unpaired) electrons. The van der Waals surface area contributed by atoms with Crippen molar-refractivity contribution in [1.29, 1.82) is 0 Å². The molecule has 0 fully saturated rings. The van der Waals surface area contributed by atoms with Crippen molar-refractivity contribution >= 4 is 21.9 Å². The molecule has 0 saturated carbocycles. The molecule has 2 aromatic carbocycles. The number of nitrogen functional groups attached to an aromatic ring is 1. The van der Waals surface area contributed by atoms with Gasteiger partial charge in [-0.1, -0.05) is 64.5 Å². The third-order valence-corrected chi connectivity index (χ3v) is 3.49. The lowest BCUT2D eigenvalue weighted by molar-refractivity contribution is 1.08. The predicted octanol–water partition coefficient (Wildman–Crippen LogP) is 3.55. The van der Waals surface area contributed by atoms with E-state index in [-0.39, 0.29) is 5.95 Å². The number of rotatable bonds is 2. The maximum absolute atomic E-state index is 5.81. The fourth-order valence-electron chi connectivity index (χ4n) is 1.87. The number of aromatic nitrogens is 3. The normalized spacial score (nSPS) is 10.4. The fourth-order valence-corrected chi connectivity index (χ4v) is 2.33. The van der Waals surface area contributed by atoms with Gasteiger partial charge in [-0.05, 0) is 6.07 Å². The minimum atomic E-state index is 0.213. The van der Waals surface area contributed by atoms with E-state index in [0.717, 1.165) is 15.6 Å². The van der Waals surface area contributed by atoms with Gasteiger partial charge in [0.05, 0.1) is 0 Å². The maximum atomic E-state index is 5.81. The Hall–Kier alpha value is -2.27. The lowest BCUT2D eigenvalue weighted by Gasteiger charge is -2.06. The largest absolute Gasteiger partial charge is 0.368 e. The fraction of sp³-hybridized carbons (Fsp3) is 0. The van der Waals surface area contributed by atoms with Crippen molar-refractivity contribution < 1.29 is 0 Å². The first-order chi connectivity index (χ1) is 9.74. The van der Waals surface area contributed by atoms with E-state index in [1.807, 2.05) is 54.6 Å². The molecular weight excluding hydrogens is 316 g/mol. The van der Waals surface area contributed by atoms with Gasteiger partial charge in [0.1, 0.15) is 0 Å². The number of anilines is 1. The van der Waals surface area contributed by atoms with Gasteiger partial charge in [-0.2, -0.15) is 9.97 Å². The highest BCUT2D eigenvalue weighted by molar-refractivity contribution is 9.10. The van der Waals surface area contributed by atoms with Crippen LogP contribution in [-0.2, 0) is 0 Å². The zero-order valence-corrected chi connectivity index (χ0v) is 12.1. The Morgan fingerprint density at radius 2 is 1.40 bits per heavy atom. The Balaban J connectivity index is 2.15. The summed E-state index contributed by atoms with van der Waals surface area (Å²) >= 11 is 3.50. The van der Waals surface area contributed by atoms with Crippen molar-refractivity contribution in [2.75, 3.05) is 5.73 Å². The van der Waals surface area contributed by atoms with Crippen LogP contribution < -0.4 is 5.73 Å². The highest BCUT2D eigenvalue weighted by atomic mass is 79.9. The molecule has 0 aliphatic rings. The van der Waals surface area contributed by atoms with Crippen molar-refractivity contribution in [3.05, 3.63) is 59.1 Å². The highest BCUT2D eigenvalue weighted by Gasteiger charge is 2.10. The van der Waals surface area contributed by atoms with E-state index in [0.29, 0.717) is 11.6 Å². The van der Waals surface area contributed by atoms with Crippen molar-refractivity contribution in [2.24, 2.45) is 0 Å². The van der Waals surface area contributed by atoms with Crippen LogP contribution in [0.4, 0.5) is 5.95 Å². The molecule has 5 heteroatoms. The van der Waals surface area contributed by atoms with Crippen molar-refractivity contribution in [3.8, 4) is 22.8 Å². The van der Waals surface area contributed by atoms with Gasteiger partial charge in [-0.3, -0.25) is 0 Å². The summed E-state index contributed by atoms with van der Waals surface area (Å²) < 4.78 is 0.921. The molecular formula is C15H11BrN4. The Bertz CT molecular complexity index is 744. The lowest BCUT2D eigenvalue weighted by Crippen LogP contribution is -2.02. The van der Waals surface area contributed by atoms with E-state index >= 15 is 0 Å². The van der Waals surface area contributed by atoms with Gasteiger partial charge >= 0.3 is 0 Å². The van der Waals surface area contributed by atoms with E-state index in [2.05, 4.69) is 30.9 Å². The first kappa shape index (κ1) is 12.7. The van der Waals surface area contributed by atoms with Crippen LogP contribution in [0.2, 0.25) is 0 Å². The molecule has 0 aliphatic heterocycles. The van der Waals surface area contributed by atoms with E-state index in [9.17, 15) is 0 Å². The zero-order chi connectivity index (χ0) is 13.9. The van der Waals surface area contributed by atoms with Crippen molar-refractivity contribution in [2.45, 2.75) is 0 Å². The third-order valence-electron chi connectivity index (χ3n) is 2.80. The van der Waals surface area contributed by atoms with Crippen LogP contribution in [-0.4, -0.2) is 15.0 Å². The first-order valence-electron chi connectivity index (χ1n) is 6.06. The summed E-state index contributed by atoms with van der Waals surface area (Å²) in [6.07, 6.45) is 0. The number of nitrogens with zero attached hydrogens (tertiary/aromatic N) is 3. The number of halogens is 1. The molecule has 1 heterocycles. The first-order valence-corrected chi connectivity index (χ1v) is 6.85. The minimum absolute atomic E-state index is 0.213. The third kappa shape index (κ3) is 2.53. The van der Waals surface area contributed by atoms with Gasteiger partial charge < -0.3 is 5.73 Å². The van der Waals surface area contributed by atoms with Crippen LogP contribution in [0.25, 0.3) is 22.8 Å². The van der Waals surface area contributed by atoms with Crippen LogP contribution in [0.1, 0.15) is 0 Å². The Morgan fingerprint density at radius 3 is 2.15 bits per heavy atom. The summed E-state index contributed by atoms with van der Waals surface area (Å²) in [6, 6.07) is 17.5. The number of hydrogen-bond acceptors (Lipinski definition) is 4. The van der Waals surface area contributed by atoms with E-state index in [1.165, 1.54) is 0 Å². The number of benzene rings is 2. The van der Waals surface area contributed by atoms with Crippen LogP contribution in [0.5, 0.6) is 0 Å². The van der Waals surface area contributed by atoms with Gasteiger partial charge in [0, 0.05) is 15.6 Å². The van der Waals surface area contributed by atoms with Gasteiger partial charge in [0.15, 0.2) is 11.6 Å². The summed E-state index contributed by atoms with van der Waals surface area (Å²) in [4.78, 5) is 12.9. The van der Waals surface area contributed by atoms with E-state index < -0.39 is 0 Å². The Morgan fingerprint density at radius 1 is 0.750 bits per heavy atom. The summed E-state index contributed by atoms with van der Waals surface area (Å²) in [5.74, 6) is 1.34. The standard InChI is InChI=1S/C15H11BrN4/c16-12-9-5-4-8-11(12)14-18-13(19-15(17)20-14)10-6-2-1-3-7-10/h1-9H,(H2,17,18,19,20). The van der Waals surface area contributed by atoms with Crippen molar-refractivity contribution in [1.82, 2.24) is 15.0 Å². The quantitative estimate of drug-likeness (QED) is 0.782. The van der Waals surface area contributed by atoms with Gasteiger partial charge in [-0.15, -0.1) is 0 Å². The Labute approximate surface area is 124 Å². The number of hydrogen-bond donors (Lipinski definition) is 1. The smallest absolute Gasteiger partial charge is 0.224 e. The molecule has 2 N–H and O–H groups in total. The average Bonchev–Trinajstić information content (AvgIpc) is 2.48. The van der Waals surface area contributed by atoms with E-state index in [1.54, 1.807) is 0 Å². The Kier molecular flexibility index (Phi) is 3.43. The molecule has 4 nitrogen and oxygen atoms in total. The molecule has 3 aromatic rings. The average molecular weight is 327 g/mol. The van der Waals surface area contributed by atoms with Crippen LogP contribution in [0, 0.1) is 0 Å². The summed E-state index contributed by atoms with van der Waals surface area (Å²) in [7, 11) is 0. The van der Waals surface area contributed by atoms with Crippen LogP contribution in [0.3, 0.4) is 0 Å². The van der Waals surface area contributed by atoms with Gasteiger partial charge in [0.25, 0.3) is 0 Å². The zero-order valence-electron chi connectivity index (χ0n) is 10.5. The molecule has 0 amide bonds. The second-order valence-corrected chi connectivity index (χ2v) is 5.04. The summed E-state index contributed by atoms with van der Waals surface area (Å²) in [5, 5.41) is 0. The van der Waals surface area contributed by atoms with E-state index in [4.69, 9.17) is 5.73 Å². The predicted molar refractivity (Wildman–Crippen MR) is 82.8 cm³/mol. The minimum Gasteiger partial charge on any atom is -0.368 e. The van der Waals surface area contributed by atoms with Crippen LogP contribution in [0.15, 0.2) is 59.1 Å². The SMILES string of the molecule is Nc1nc(-c2ccccc2)nc(-c2ccccc2Br)n1. The second kappa shape index (κ2) is 5.38. The van der Waals surface area contributed by atoms with Crippen LogP contribution >= 0.6 is 15.9 Å². The molecule has 0 aliphatic carbocycles. The molecule has 98 valence electrons. The molecule has 0 atom stereocenters. The molecule has 0 spiro atoms. The molecule has 20 heavy (non-hydrogen) atoms. The second-order valence-electron chi connectivity index (χ2n) is 4.19. The summed E-state index contributed by atoms with van der Waals surface area (Å²) in [6.45, 7) is 0. The molecule has 0 unspecified atom stereocenters. The monoisotopic (exact) mass is 326 g/mol. The molecule has 3 rings (SSSR count). The molecule has 0 saturated heterocycles. The summed E-state index contributed by atoms with van der Waals surface area (Å²) in [5.41, 5.74) is 7.61. The lowest BCUT2D eigenvalue weighted by atomic mass is 10.2.